The summed E-state index contributed by atoms with van der Waals surface area (Å²) in [4.78, 5) is 11.0. The molecular formula is C11H15NO3. The molecule has 0 aliphatic heterocycles. The second-order valence-corrected chi connectivity index (χ2v) is 3.39. The fourth-order valence-corrected chi connectivity index (χ4v) is 1.44. The Morgan fingerprint density at radius 2 is 2.20 bits per heavy atom. The molecule has 1 aromatic rings. The van der Waals surface area contributed by atoms with Crippen molar-refractivity contribution in [3.05, 3.63) is 29.3 Å². The molecule has 1 aromatic carbocycles. The number of aromatic hydroxyl groups is 1. The second-order valence-electron chi connectivity index (χ2n) is 3.39. The number of carboxylic acid groups (broad SMARTS) is 1. The van der Waals surface area contributed by atoms with E-state index >= 15 is 0 Å². The molecule has 0 saturated carbocycles. The maximum Gasteiger partial charge on any atom is 0.325 e. The van der Waals surface area contributed by atoms with E-state index in [-0.39, 0.29) is 5.75 Å². The minimum Gasteiger partial charge on any atom is -0.508 e. The average Bonchev–Trinajstić information content (AvgIpc) is 2.18. The number of rotatable bonds is 4. The van der Waals surface area contributed by atoms with Crippen LogP contribution < -0.4 is 5.32 Å². The van der Waals surface area contributed by atoms with Crippen LogP contribution in [-0.4, -0.2) is 22.7 Å². The topological polar surface area (TPSA) is 69.6 Å². The number of phenols is 1. The highest BCUT2D eigenvalue weighted by Gasteiger charge is 2.21. The summed E-state index contributed by atoms with van der Waals surface area (Å²) in [6, 6.07) is 4.08. The summed E-state index contributed by atoms with van der Waals surface area (Å²) in [5.41, 5.74) is 1.33. The van der Waals surface area contributed by atoms with Crippen LogP contribution in [0.5, 0.6) is 5.75 Å². The molecule has 4 nitrogen and oxygen atoms in total. The molecule has 15 heavy (non-hydrogen) atoms. The first kappa shape index (κ1) is 11.5. The van der Waals surface area contributed by atoms with Gasteiger partial charge >= 0.3 is 5.97 Å². The molecule has 1 unspecified atom stereocenters. The molecule has 0 aliphatic rings. The zero-order valence-electron chi connectivity index (χ0n) is 8.82. The molecule has 3 N–H and O–H groups in total. The average molecular weight is 209 g/mol. The summed E-state index contributed by atoms with van der Waals surface area (Å²) in [6.07, 6.45) is 0. The van der Waals surface area contributed by atoms with Crippen LogP contribution in [0.3, 0.4) is 0 Å². The monoisotopic (exact) mass is 209 g/mol. The third-order valence-corrected chi connectivity index (χ3v) is 2.15. The van der Waals surface area contributed by atoms with Gasteiger partial charge in [-0.05, 0) is 19.5 Å². The minimum absolute atomic E-state index is 0.00829. The number of likely N-dealkylation sites (N-methyl/N-ethyl adjacent to an activating group) is 1. The van der Waals surface area contributed by atoms with Gasteiger partial charge in [0.2, 0.25) is 0 Å². The smallest absolute Gasteiger partial charge is 0.325 e. The van der Waals surface area contributed by atoms with Gasteiger partial charge in [-0.25, -0.2) is 0 Å². The number of hydrogen-bond acceptors (Lipinski definition) is 3. The summed E-state index contributed by atoms with van der Waals surface area (Å²) in [5, 5.41) is 21.4. The first-order valence-electron chi connectivity index (χ1n) is 4.82. The van der Waals surface area contributed by atoms with Crippen LogP contribution in [0.2, 0.25) is 0 Å². The maximum absolute atomic E-state index is 11.0. The summed E-state index contributed by atoms with van der Waals surface area (Å²) in [5.74, 6) is -0.980. The molecule has 0 aromatic heterocycles. The predicted octanol–water partition coefficient (Wildman–Crippen LogP) is 1.44. The zero-order valence-corrected chi connectivity index (χ0v) is 8.82. The van der Waals surface area contributed by atoms with E-state index in [2.05, 4.69) is 5.32 Å². The highest BCUT2D eigenvalue weighted by Crippen LogP contribution is 2.25. The van der Waals surface area contributed by atoms with Gasteiger partial charge in [-0.3, -0.25) is 4.79 Å². The Hall–Kier alpha value is -1.55. The van der Waals surface area contributed by atoms with Crippen LogP contribution in [0, 0.1) is 6.92 Å². The van der Waals surface area contributed by atoms with Gasteiger partial charge in [0.25, 0.3) is 0 Å². The number of benzene rings is 1. The fourth-order valence-electron chi connectivity index (χ4n) is 1.44. The third-order valence-electron chi connectivity index (χ3n) is 2.15. The normalized spacial score (nSPS) is 12.4. The second kappa shape index (κ2) is 4.79. The van der Waals surface area contributed by atoms with E-state index in [1.807, 2.05) is 13.8 Å². The Balaban J connectivity index is 3.09. The fraction of sp³-hybridized carbons (Fsp3) is 0.364. The SMILES string of the molecule is CCNC(C(=O)O)c1cc(C)ccc1O. The Labute approximate surface area is 88.6 Å². The summed E-state index contributed by atoms with van der Waals surface area (Å²) in [6.45, 7) is 4.21. The summed E-state index contributed by atoms with van der Waals surface area (Å²) in [7, 11) is 0. The van der Waals surface area contributed by atoms with Crippen molar-refractivity contribution in [2.24, 2.45) is 0 Å². The molecule has 0 radical (unpaired) electrons. The van der Waals surface area contributed by atoms with Gasteiger partial charge in [0, 0.05) is 5.56 Å². The van der Waals surface area contributed by atoms with Gasteiger partial charge in [-0.1, -0.05) is 24.6 Å². The summed E-state index contributed by atoms with van der Waals surface area (Å²) < 4.78 is 0. The molecule has 0 heterocycles. The molecule has 0 aliphatic carbocycles. The van der Waals surface area contributed by atoms with E-state index in [4.69, 9.17) is 5.11 Å². The molecule has 0 fully saturated rings. The molecule has 1 atom stereocenters. The lowest BCUT2D eigenvalue weighted by Gasteiger charge is -2.15. The van der Waals surface area contributed by atoms with E-state index < -0.39 is 12.0 Å². The van der Waals surface area contributed by atoms with E-state index in [1.165, 1.54) is 6.07 Å². The zero-order chi connectivity index (χ0) is 11.4. The van der Waals surface area contributed by atoms with E-state index in [9.17, 15) is 9.90 Å². The first-order valence-corrected chi connectivity index (χ1v) is 4.82. The van der Waals surface area contributed by atoms with Crippen LogP contribution in [-0.2, 0) is 4.79 Å². The lowest BCUT2D eigenvalue weighted by Crippen LogP contribution is -2.28. The number of nitrogens with one attached hydrogen (secondary N) is 1. The van der Waals surface area contributed by atoms with E-state index in [1.54, 1.807) is 12.1 Å². The van der Waals surface area contributed by atoms with E-state index in [0.717, 1.165) is 5.56 Å². The molecule has 82 valence electrons. The maximum atomic E-state index is 11.0. The number of carboxylic acids is 1. The predicted molar refractivity (Wildman–Crippen MR) is 56.9 cm³/mol. The standard InChI is InChI=1S/C11H15NO3/c1-3-12-10(11(14)15)8-6-7(2)4-5-9(8)13/h4-6,10,12-13H,3H2,1-2H3,(H,14,15). The van der Waals surface area contributed by atoms with Crippen LogP contribution in [0.25, 0.3) is 0 Å². The van der Waals surface area contributed by atoms with Crippen molar-refractivity contribution in [1.29, 1.82) is 0 Å². The van der Waals surface area contributed by atoms with Crippen LogP contribution in [0.15, 0.2) is 18.2 Å². The van der Waals surface area contributed by atoms with E-state index in [0.29, 0.717) is 12.1 Å². The molecule has 0 bridgehead atoms. The number of aryl methyl sites for hydroxylation is 1. The van der Waals surface area contributed by atoms with Crippen molar-refractivity contribution in [2.45, 2.75) is 19.9 Å². The number of phenolic OH excluding ortho intramolecular Hbond substituents is 1. The first-order chi connectivity index (χ1) is 7.06. The lowest BCUT2D eigenvalue weighted by molar-refractivity contribution is -0.139. The Morgan fingerprint density at radius 3 is 2.73 bits per heavy atom. The van der Waals surface area contributed by atoms with Crippen molar-refractivity contribution in [3.63, 3.8) is 0 Å². The lowest BCUT2D eigenvalue weighted by atomic mass is 10.0. The highest BCUT2D eigenvalue weighted by atomic mass is 16.4. The summed E-state index contributed by atoms with van der Waals surface area (Å²) >= 11 is 0. The van der Waals surface area contributed by atoms with Crippen molar-refractivity contribution in [2.75, 3.05) is 6.54 Å². The van der Waals surface area contributed by atoms with Crippen LogP contribution >= 0.6 is 0 Å². The van der Waals surface area contributed by atoms with Gasteiger partial charge < -0.3 is 15.5 Å². The Morgan fingerprint density at radius 1 is 1.53 bits per heavy atom. The van der Waals surface area contributed by atoms with Gasteiger partial charge in [0.15, 0.2) is 0 Å². The quantitative estimate of drug-likeness (QED) is 0.701. The molecule has 0 amide bonds. The third kappa shape index (κ3) is 2.70. The Kier molecular flexibility index (Phi) is 3.68. The Bertz CT molecular complexity index is 363. The van der Waals surface area contributed by atoms with Gasteiger partial charge in [0.05, 0.1) is 0 Å². The highest BCUT2D eigenvalue weighted by molar-refractivity contribution is 5.76. The minimum atomic E-state index is -0.988. The number of hydrogen-bond donors (Lipinski definition) is 3. The molecule has 4 heteroatoms. The van der Waals surface area contributed by atoms with Crippen LogP contribution in [0.4, 0.5) is 0 Å². The molecule has 1 rings (SSSR count). The largest absolute Gasteiger partial charge is 0.508 e. The van der Waals surface area contributed by atoms with Crippen molar-refractivity contribution < 1.29 is 15.0 Å². The van der Waals surface area contributed by atoms with Crippen molar-refractivity contribution >= 4 is 5.97 Å². The van der Waals surface area contributed by atoms with Gasteiger partial charge in [-0.15, -0.1) is 0 Å². The van der Waals surface area contributed by atoms with Gasteiger partial charge in [-0.2, -0.15) is 0 Å². The van der Waals surface area contributed by atoms with Crippen molar-refractivity contribution in [3.8, 4) is 5.75 Å². The van der Waals surface area contributed by atoms with Crippen molar-refractivity contribution in [1.82, 2.24) is 5.32 Å². The molecule has 0 spiro atoms. The van der Waals surface area contributed by atoms with Gasteiger partial charge in [0.1, 0.15) is 11.8 Å². The number of carbonyl (C=O) groups is 1. The number of aliphatic carboxylic acids is 1. The van der Waals surface area contributed by atoms with Crippen LogP contribution in [0.1, 0.15) is 24.1 Å². The molecule has 0 saturated heterocycles. The molecular weight excluding hydrogens is 194 g/mol.